The number of carbonyl (C=O) groups excluding carboxylic acids is 1. The lowest BCUT2D eigenvalue weighted by Gasteiger charge is -2.35. The van der Waals surface area contributed by atoms with Gasteiger partial charge in [0.2, 0.25) is 5.91 Å². The third-order valence-corrected chi connectivity index (χ3v) is 3.95. The molecule has 5 heteroatoms. The van der Waals surface area contributed by atoms with Crippen LogP contribution in [0.1, 0.15) is 19.3 Å². The normalized spacial score (nSPS) is 26.2. The van der Waals surface area contributed by atoms with Gasteiger partial charge >= 0.3 is 0 Å². The van der Waals surface area contributed by atoms with Crippen molar-refractivity contribution in [2.45, 2.75) is 24.8 Å². The van der Waals surface area contributed by atoms with Gasteiger partial charge in [-0.3, -0.25) is 9.69 Å². The summed E-state index contributed by atoms with van der Waals surface area (Å²) in [5, 5.41) is 3.19. The van der Waals surface area contributed by atoms with E-state index in [9.17, 15) is 4.79 Å². The van der Waals surface area contributed by atoms with Crippen LogP contribution in [0.3, 0.4) is 0 Å². The number of amides is 1. The highest BCUT2D eigenvalue weighted by molar-refractivity contribution is 5.86. The summed E-state index contributed by atoms with van der Waals surface area (Å²) < 4.78 is 5.43. The van der Waals surface area contributed by atoms with Crippen molar-refractivity contribution in [3.63, 3.8) is 0 Å². The maximum Gasteiger partial charge on any atom is 0.239 e. The van der Waals surface area contributed by atoms with E-state index in [4.69, 9.17) is 10.5 Å². The van der Waals surface area contributed by atoms with Crippen LogP contribution in [-0.4, -0.2) is 56.2 Å². The SMILES string of the molecule is CNC(CN1CCCOCC1)(C(N)=O)C1CC1. The van der Waals surface area contributed by atoms with Crippen molar-refractivity contribution in [3.05, 3.63) is 0 Å². The molecule has 2 aliphatic rings. The number of nitrogens with one attached hydrogen (secondary N) is 1. The van der Waals surface area contributed by atoms with Crippen molar-refractivity contribution in [1.29, 1.82) is 0 Å². The van der Waals surface area contributed by atoms with E-state index < -0.39 is 5.54 Å². The number of nitrogens with two attached hydrogens (primary N) is 1. The van der Waals surface area contributed by atoms with Crippen molar-refractivity contribution in [1.82, 2.24) is 10.2 Å². The van der Waals surface area contributed by atoms with E-state index in [0.717, 1.165) is 45.6 Å². The molecule has 0 bridgehead atoms. The molecule has 1 saturated carbocycles. The fourth-order valence-electron chi connectivity index (χ4n) is 2.70. The van der Waals surface area contributed by atoms with Crippen LogP contribution < -0.4 is 11.1 Å². The molecule has 0 radical (unpaired) electrons. The predicted molar refractivity (Wildman–Crippen MR) is 65.6 cm³/mol. The van der Waals surface area contributed by atoms with Crippen LogP contribution in [0.5, 0.6) is 0 Å². The van der Waals surface area contributed by atoms with E-state index in [2.05, 4.69) is 10.2 Å². The molecule has 1 heterocycles. The standard InChI is InChI=1S/C12H23N3O2/c1-14-12(11(13)16,10-3-4-10)9-15-5-2-7-17-8-6-15/h10,14H,2-9H2,1H3,(H2,13,16). The van der Waals surface area contributed by atoms with Gasteiger partial charge in [0.1, 0.15) is 5.54 Å². The van der Waals surface area contributed by atoms with Crippen molar-refractivity contribution in [3.8, 4) is 0 Å². The minimum absolute atomic E-state index is 0.215. The first-order valence-corrected chi connectivity index (χ1v) is 6.48. The molecule has 1 unspecified atom stereocenters. The zero-order valence-corrected chi connectivity index (χ0v) is 10.6. The quantitative estimate of drug-likeness (QED) is 0.685. The van der Waals surface area contributed by atoms with Crippen molar-refractivity contribution in [2.75, 3.05) is 39.9 Å². The van der Waals surface area contributed by atoms with Gasteiger partial charge in [-0.1, -0.05) is 0 Å². The second kappa shape index (κ2) is 5.33. The predicted octanol–water partition coefficient (Wildman–Crippen LogP) is -0.438. The van der Waals surface area contributed by atoms with Crippen LogP contribution in [0.25, 0.3) is 0 Å². The van der Waals surface area contributed by atoms with E-state index >= 15 is 0 Å². The van der Waals surface area contributed by atoms with Gasteiger partial charge in [-0.2, -0.15) is 0 Å². The Hall–Kier alpha value is -0.650. The first kappa shape index (κ1) is 12.8. The number of hydrogen-bond donors (Lipinski definition) is 2. The van der Waals surface area contributed by atoms with Gasteiger partial charge in [0, 0.05) is 26.2 Å². The summed E-state index contributed by atoms with van der Waals surface area (Å²) in [4.78, 5) is 14.1. The van der Waals surface area contributed by atoms with Gasteiger partial charge in [0.05, 0.1) is 6.61 Å². The molecule has 0 aromatic rings. The first-order valence-electron chi connectivity index (χ1n) is 6.48. The van der Waals surface area contributed by atoms with E-state index in [1.54, 1.807) is 0 Å². The summed E-state index contributed by atoms with van der Waals surface area (Å²) in [6.07, 6.45) is 3.24. The number of nitrogens with zero attached hydrogens (tertiary/aromatic N) is 1. The van der Waals surface area contributed by atoms with Crippen LogP contribution in [0, 0.1) is 5.92 Å². The molecule has 0 spiro atoms. The lowest BCUT2D eigenvalue weighted by atomic mass is 9.91. The highest BCUT2D eigenvalue weighted by atomic mass is 16.5. The van der Waals surface area contributed by atoms with E-state index in [0.29, 0.717) is 12.5 Å². The summed E-state index contributed by atoms with van der Waals surface area (Å²) in [6.45, 7) is 4.17. The molecule has 2 fully saturated rings. The van der Waals surface area contributed by atoms with Crippen molar-refractivity contribution >= 4 is 5.91 Å². The molecule has 5 nitrogen and oxygen atoms in total. The Balaban J connectivity index is 2.02. The van der Waals surface area contributed by atoms with Crippen LogP contribution in [0.4, 0.5) is 0 Å². The maximum atomic E-state index is 11.8. The topological polar surface area (TPSA) is 67.6 Å². The lowest BCUT2D eigenvalue weighted by Crippen LogP contribution is -2.62. The van der Waals surface area contributed by atoms with E-state index in [1.165, 1.54) is 0 Å². The second-order valence-electron chi connectivity index (χ2n) is 5.10. The first-order chi connectivity index (χ1) is 8.19. The van der Waals surface area contributed by atoms with Gasteiger partial charge in [-0.05, 0) is 32.2 Å². The monoisotopic (exact) mass is 241 g/mol. The Morgan fingerprint density at radius 2 is 2.24 bits per heavy atom. The highest BCUT2D eigenvalue weighted by Gasteiger charge is 2.49. The van der Waals surface area contributed by atoms with Crippen LogP contribution in [-0.2, 0) is 9.53 Å². The third-order valence-electron chi connectivity index (χ3n) is 3.95. The third kappa shape index (κ3) is 2.78. The Morgan fingerprint density at radius 1 is 1.47 bits per heavy atom. The zero-order valence-electron chi connectivity index (χ0n) is 10.6. The molecule has 17 heavy (non-hydrogen) atoms. The van der Waals surface area contributed by atoms with Gasteiger partial charge in [0.25, 0.3) is 0 Å². The molecule has 1 amide bonds. The Morgan fingerprint density at radius 3 is 2.82 bits per heavy atom. The van der Waals surface area contributed by atoms with Gasteiger partial charge in [-0.25, -0.2) is 0 Å². The number of rotatable bonds is 5. The zero-order chi connectivity index (χ0) is 12.3. The van der Waals surface area contributed by atoms with Crippen LogP contribution in [0.15, 0.2) is 0 Å². The van der Waals surface area contributed by atoms with E-state index in [-0.39, 0.29) is 5.91 Å². The molecule has 1 saturated heterocycles. The second-order valence-corrected chi connectivity index (χ2v) is 5.10. The fraction of sp³-hybridized carbons (Fsp3) is 0.917. The Kier molecular flexibility index (Phi) is 4.01. The Labute approximate surface area is 103 Å². The minimum atomic E-state index is -0.537. The minimum Gasteiger partial charge on any atom is -0.380 e. The fourth-order valence-corrected chi connectivity index (χ4v) is 2.70. The Bertz CT molecular complexity index is 273. The van der Waals surface area contributed by atoms with Gasteiger partial charge in [0.15, 0.2) is 0 Å². The van der Waals surface area contributed by atoms with Gasteiger partial charge < -0.3 is 15.8 Å². The molecule has 2 rings (SSSR count). The summed E-state index contributed by atoms with van der Waals surface area (Å²) >= 11 is 0. The number of carbonyl (C=O) groups is 1. The molecule has 0 aromatic heterocycles. The maximum absolute atomic E-state index is 11.8. The van der Waals surface area contributed by atoms with Gasteiger partial charge in [-0.15, -0.1) is 0 Å². The molecular weight excluding hydrogens is 218 g/mol. The summed E-state index contributed by atoms with van der Waals surface area (Å²) in [6, 6.07) is 0. The smallest absolute Gasteiger partial charge is 0.239 e. The van der Waals surface area contributed by atoms with Crippen molar-refractivity contribution in [2.24, 2.45) is 11.7 Å². The summed E-state index contributed by atoms with van der Waals surface area (Å²) in [5.41, 5.74) is 5.08. The lowest BCUT2D eigenvalue weighted by molar-refractivity contribution is -0.126. The van der Waals surface area contributed by atoms with Crippen LogP contribution >= 0.6 is 0 Å². The molecule has 3 N–H and O–H groups in total. The number of ether oxygens (including phenoxy) is 1. The summed E-state index contributed by atoms with van der Waals surface area (Å²) in [7, 11) is 1.84. The molecule has 1 aliphatic heterocycles. The van der Waals surface area contributed by atoms with Crippen molar-refractivity contribution < 1.29 is 9.53 Å². The number of hydrogen-bond acceptors (Lipinski definition) is 4. The average molecular weight is 241 g/mol. The highest BCUT2D eigenvalue weighted by Crippen LogP contribution is 2.40. The number of primary amides is 1. The molecule has 1 atom stereocenters. The molecule has 98 valence electrons. The summed E-state index contributed by atoms with van der Waals surface area (Å²) in [5.74, 6) is 0.196. The largest absolute Gasteiger partial charge is 0.380 e. The van der Waals surface area contributed by atoms with Crippen LogP contribution in [0.2, 0.25) is 0 Å². The average Bonchev–Trinajstić information content (AvgIpc) is 3.13. The number of likely N-dealkylation sites (N-methyl/N-ethyl adjacent to an activating group) is 1. The molecular formula is C12H23N3O2. The van der Waals surface area contributed by atoms with E-state index in [1.807, 2.05) is 7.05 Å². The molecule has 1 aliphatic carbocycles. The molecule has 0 aromatic carbocycles.